The molecule has 1 aromatic carbocycles. The van der Waals surface area contributed by atoms with Crippen LogP contribution in [0.25, 0.3) is 0 Å². The molecule has 0 amide bonds. The van der Waals surface area contributed by atoms with Crippen LogP contribution in [0.3, 0.4) is 0 Å². The summed E-state index contributed by atoms with van der Waals surface area (Å²) in [5.41, 5.74) is 1.51. The number of hydrogen-bond acceptors (Lipinski definition) is 4. The Kier molecular flexibility index (Phi) is 4.88. The minimum absolute atomic E-state index is 0.327. The minimum atomic E-state index is -1.07. The lowest BCUT2D eigenvalue weighted by molar-refractivity contribution is -0.145. The minimum Gasteiger partial charge on any atom is -0.480 e. The Hall–Kier alpha value is -2.08. The predicted octanol–water partition coefficient (Wildman–Crippen LogP) is 0.895. The van der Waals surface area contributed by atoms with Crippen LogP contribution in [0.1, 0.15) is 11.6 Å². The smallest absolute Gasteiger partial charge is 0.325 e. The first-order valence-electron chi connectivity index (χ1n) is 5.75. The fourth-order valence-electron chi connectivity index (χ4n) is 1.84. The molecule has 0 saturated carbocycles. The number of rotatable bonds is 6. The van der Waals surface area contributed by atoms with Crippen LogP contribution in [-0.2, 0) is 9.59 Å². The van der Waals surface area contributed by atoms with Gasteiger partial charge < -0.3 is 15.1 Å². The van der Waals surface area contributed by atoms with Crippen LogP contribution in [-0.4, -0.2) is 54.7 Å². The van der Waals surface area contributed by atoms with E-state index in [0.717, 1.165) is 5.69 Å². The summed E-state index contributed by atoms with van der Waals surface area (Å²) >= 11 is 0. The van der Waals surface area contributed by atoms with Crippen LogP contribution in [0, 0.1) is 0 Å². The van der Waals surface area contributed by atoms with E-state index in [4.69, 9.17) is 5.11 Å². The molecular formula is C13H18N2O4. The third kappa shape index (κ3) is 3.96. The van der Waals surface area contributed by atoms with Crippen molar-refractivity contribution < 1.29 is 19.8 Å². The Morgan fingerprint density at radius 1 is 1.11 bits per heavy atom. The van der Waals surface area contributed by atoms with E-state index in [-0.39, 0.29) is 6.54 Å². The Labute approximate surface area is 111 Å². The van der Waals surface area contributed by atoms with Crippen molar-refractivity contribution in [3.05, 3.63) is 29.8 Å². The number of carboxylic acids is 2. The van der Waals surface area contributed by atoms with Crippen molar-refractivity contribution in [2.24, 2.45) is 0 Å². The molecule has 0 saturated heterocycles. The van der Waals surface area contributed by atoms with Gasteiger partial charge in [0.2, 0.25) is 0 Å². The molecule has 19 heavy (non-hydrogen) atoms. The van der Waals surface area contributed by atoms with Gasteiger partial charge in [0.1, 0.15) is 6.04 Å². The number of aliphatic carboxylic acids is 2. The molecule has 104 valence electrons. The number of anilines is 1. The van der Waals surface area contributed by atoms with Crippen molar-refractivity contribution >= 4 is 17.6 Å². The van der Waals surface area contributed by atoms with E-state index in [1.54, 1.807) is 24.3 Å². The van der Waals surface area contributed by atoms with Crippen LogP contribution < -0.4 is 4.90 Å². The zero-order valence-electron chi connectivity index (χ0n) is 11.2. The van der Waals surface area contributed by atoms with Gasteiger partial charge in [-0.2, -0.15) is 0 Å². The highest BCUT2D eigenvalue weighted by molar-refractivity contribution is 5.77. The van der Waals surface area contributed by atoms with Gasteiger partial charge in [-0.05, 0) is 24.7 Å². The van der Waals surface area contributed by atoms with Crippen LogP contribution in [0.15, 0.2) is 24.3 Å². The van der Waals surface area contributed by atoms with Gasteiger partial charge in [0.25, 0.3) is 0 Å². The van der Waals surface area contributed by atoms with Crippen molar-refractivity contribution in [1.82, 2.24) is 4.90 Å². The standard InChI is InChI=1S/C13H18N2O4/c1-14(2)10-6-4-9(5-7-10)12(13(18)19)15(3)8-11(16)17/h4-7,12H,8H2,1-3H3,(H,16,17)(H,18,19). The van der Waals surface area contributed by atoms with Crippen LogP contribution in [0.2, 0.25) is 0 Å². The summed E-state index contributed by atoms with van der Waals surface area (Å²) in [5.74, 6) is -2.12. The average Bonchev–Trinajstić information content (AvgIpc) is 2.28. The van der Waals surface area contributed by atoms with Gasteiger partial charge in [-0.25, -0.2) is 0 Å². The van der Waals surface area contributed by atoms with E-state index < -0.39 is 18.0 Å². The molecule has 1 atom stereocenters. The number of hydrogen-bond donors (Lipinski definition) is 2. The molecule has 1 aromatic rings. The molecule has 0 bridgehead atoms. The maximum atomic E-state index is 11.3. The van der Waals surface area contributed by atoms with Crippen LogP contribution in [0.5, 0.6) is 0 Å². The van der Waals surface area contributed by atoms with Gasteiger partial charge in [-0.15, -0.1) is 0 Å². The molecule has 0 fully saturated rings. The first-order chi connectivity index (χ1) is 8.82. The number of carboxylic acid groups (broad SMARTS) is 2. The lowest BCUT2D eigenvalue weighted by atomic mass is 10.1. The summed E-state index contributed by atoms with van der Waals surface area (Å²) < 4.78 is 0. The van der Waals surface area contributed by atoms with Gasteiger partial charge in [0, 0.05) is 19.8 Å². The lowest BCUT2D eigenvalue weighted by Gasteiger charge is -2.23. The molecule has 6 heteroatoms. The zero-order chi connectivity index (χ0) is 14.6. The average molecular weight is 266 g/mol. The number of benzene rings is 1. The highest BCUT2D eigenvalue weighted by Gasteiger charge is 2.25. The molecule has 0 aliphatic rings. The second-order valence-corrected chi connectivity index (χ2v) is 4.54. The van der Waals surface area contributed by atoms with E-state index in [1.807, 2.05) is 19.0 Å². The molecule has 1 unspecified atom stereocenters. The lowest BCUT2D eigenvalue weighted by Crippen LogP contribution is -2.34. The molecule has 0 heterocycles. The quantitative estimate of drug-likeness (QED) is 0.796. The largest absolute Gasteiger partial charge is 0.480 e. The topological polar surface area (TPSA) is 81.1 Å². The molecule has 0 radical (unpaired) electrons. The Morgan fingerprint density at radius 3 is 2.00 bits per heavy atom. The molecule has 6 nitrogen and oxygen atoms in total. The van der Waals surface area contributed by atoms with E-state index in [0.29, 0.717) is 5.56 Å². The van der Waals surface area contributed by atoms with E-state index in [9.17, 15) is 14.7 Å². The second kappa shape index (κ2) is 6.19. The highest BCUT2D eigenvalue weighted by atomic mass is 16.4. The maximum absolute atomic E-state index is 11.3. The number of nitrogens with zero attached hydrogens (tertiary/aromatic N) is 2. The summed E-state index contributed by atoms with van der Waals surface area (Å²) in [6.45, 7) is -0.327. The summed E-state index contributed by atoms with van der Waals surface area (Å²) in [5, 5.41) is 18.0. The molecule has 0 spiro atoms. The summed E-state index contributed by atoms with van der Waals surface area (Å²) in [4.78, 5) is 25.2. The number of likely N-dealkylation sites (N-methyl/N-ethyl adjacent to an activating group) is 1. The first-order valence-corrected chi connectivity index (χ1v) is 5.75. The summed E-state index contributed by atoms with van der Waals surface area (Å²) in [7, 11) is 5.26. The summed E-state index contributed by atoms with van der Waals surface area (Å²) in [6, 6.07) is 6.05. The van der Waals surface area contributed by atoms with Crippen molar-refractivity contribution in [3.63, 3.8) is 0 Å². The third-order valence-electron chi connectivity index (χ3n) is 2.78. The Morgan fingerprint density at radius 2 is 1.63 bits per heavy atom. The van der Waals surface area contributed by atoms with Gasteiger partial charge >= 0.3 is 11.9 Å². The monoisotopic (exact) mass is 266 g/mol. The van der Waals surface area contributed by atoms with Crippen molar-refractivity contribution in [1.29, 1.82) is 0 Å². The molecular weight excluding hydrogens is 248 g/mol. The van der Waals surface area contributed by atoms with Crippen molar-refractivity contribution in [2.75, 3.05) is 32.6 Å². The van der Waals surface area contributed by atoms with Gasteiger partial charge in [-0.3, -0.25) is 14.5 Å². The molecule has 0 aliphatic heterocycles. The number of carbonyl (C=O) groups is 2. The maximum Gasteiger partial charge on any atom is 0.325 e. The molecule has 0 aliphatic carbocycles. The highest BCUT2D eigenvalue weighted by Crippen LogP contribution is 2.22. The summed E-state index contributed by atoms with van der Waals surface area (Å²) in [6.07, 6.45) is 0. The zero-order valence-corrected chi connectivity index (χ0v) is 11.2. The van der Waals surface area contributed by atoms with Gasteiger partial charge in [0.05, 0.1) is 6.54 Å². The molecule has 0 aromatic heterocycles. The van der Waals surface area contributed by atoms with E-state index in [1.165, 1.54) is 11.9 Å². The molecule has 1 rings (SSSR count). The van der Waals surface area contributed by atoms with Gasteiger partial charge in [-0.1, -0.05) is 12.1 Å². The van der Waals surface area contributed by atoms with Crippen molar-refractivity contribution in [2.45, 2.75) is 6.04 Å². The Balaban J connectivity index is 2.99. The predicted molar refractivity (Wildman–Crippen MR) is 71.4 cm³/mol. The molecule has 2 N–H and O–H groups in total. The van der Waals surface area contributed by atoms with E-state index in [2.05, 4.69) is 0 Å². The van der Waals surface area contributed by atoms with Crippen LogP contribution >= 0.6 is 0 Å². The third-order valence-corrected chi connectivity index (χ3v) is 2.78. The van der Waals surface area contributed by atoms with Crippen molar-refractivity contribution in [3.8, 4) is 0 Å². The first kappa shape index (κ1) is 15.0. The Bertz CT molecular complexity index is 456. The SMILES string of the molecule is CN(C)c1ccc(C(C(=O)O)N(C)CC(=O)O)cc1. The fourth-order valence-corrected chi connectivity index (χ4v) is 1.84. The second-order valence-electron chi connectivity index (χ2n) is 4.54. The fraction of sp³-hybridized carbons (Fsp3) is 0.385. The van der Waals surface area contributed by atoms with Gasteiger partial charge in [0.15, 0.2) is 0 Å². The van der Waals surface area contributed by atoms with Crippen LogP contribution in [0.4, 0.5) is 5.69 Å². The van der Waals surface area contributed by atoms with E-state index >= 15 is 0 Å². The normalized spacial score (nSPS) is 12.2.